The van der Waals surface area contributed by atoms with E-state index < -0.39 is 0 Å². The number of benzene rings is 1. The lowest BCUT2D eigenvalue weighted by molar-refractivity contribution is -0.138. The minimum absolute atomic E-state index is 0.0507. The number of rotatable bonds is 5. The summed E-state index contributed by atoms with van der Waals surface area (Å²) in [6, 6.07) is 8.58. The van der Waals surface area contributed by atoms with Crippen molar-refractivity contribution in [1.29, 1.82) is 0 Å². The number of carbonyl (C=O) groups excluding carboxylic acids is 2. The van der Waals surface area contributed by atoms with Crippen molar-refractivity contribution < 1.29 is 9.59 Å². The van der Waals surface area contributed by atoms with Gasteiger partial charge < -0.3 is 9.80 Å². The maximum Gasteiger partial charge on any atom is 0.239 e. The number of hydrogen-bond donors (Lipinski definition) is 0. The first-order valence-electron chi connectivity index (χ1n) is 11.7. The molecular weight excluding hydrogens is 376 g/mol. The number of carbonyl (C=O) groups is 2. The number of anilines is 1. The van der Waals surface area contributed by atoms with Crippen LogP contribution in [0.2, 0.25) is 0 Å². The summed E-state index contributed by atoms with van der Waals surface area (Å²) < 4.78 is 0. The highest BCUT2D eigenvalue weighted by molar-refractivity contribution is 5.94. The first-order valence-corrected chi connectivity index (χ1v) is 11.7. The van der Waals surface area contributed by atoms with Crippen LogP contribution in [0.15, 0.2) is 24.3 Å². The fourth-order valence-corrected chi connectivity index (χ4v) is 5.27. The Balaban J connectivity index is 1.25. The molecule has 2 aliphatic heterocycles. The second-order valence-corrected chi connectivity index (χ2v) is 9.10. The molecule has 1 atom stereocenters. The van der Waals surface area contributed by atoms with Gasteiger partial charge in [-0.1, -0.05) is 12.8 Å². The Kier molecular flexibility index (Phi) is 6.74. The van der Waals surface area contributed by atoms with E-state index in [-0.39, 0.29) is 11.8 Å². The molecule has 30 heavy (non-hydrogen) atoms. The van der Waals surface area contributed by atoms with Crippen molar-refractivity contribution in [2.75, 3.05) is 57.3 Å². The van der Waals surface area contributed by atoms with E-state index in [1.165, 1.54) is 25.7 Å². The van der Waals surface area contributed by atoms with Gasteiger partial charge in [-0.25, -0.2) is 0 Å². The Bertz CT molecular complexity index is 728. The van der Waals surface area contributed by atoms with Crippen molar-refractivity contribution in [2.45, 2.75) is 51.6 Å². The third-order valence-electron chi connectivity index (χ3n) is 7.33. The smallest absolute Gasteiger partial charge is 0.239 e. The molecule has 1 aliphatic carbocycles. The average molecular weight is 413 g/mol. The summed E-state index contributed by atoms with van der Waals surface area (Å²) in [5.41, 5.74) is 1.91. The quantitative estimate of drug-likeness (QED) is 0.696. The molecule has 1 saturated carbocycles. The van der Waals surface area contributed by atoms with Gasteiger partial charge >= 0.3 is 0 Å². The summed E-state index contributed by atoms with van der Waals surface area (Å²) in [4.78, 5) is 33.9. The van der Waals surface area contributed by atoms with E-state index in [0.717, 1.165) is 69.7 Å². The van der Waals surface area contributed by atoms with Crippen LogP contribution in [0, 0.1) is 0 Å². The molecule has 6 nitrogen and oxygen atoms in total. The lowest BCUT2D eigenvalue weighted by Crippen LogP contribution is -2.58. The molecule has 2 heterocycles. The molecule has 0 radical (unpaired) electrons. The van der Waals surface area contributed by atoms with Gasteiger partial charge in [0.1, 0.15) is 0 Å². The highest BCUT2D eigenvalue weighted by Crippen LogP contribution is 2.25. The number of piperazine rings is 2. The highest BCUT2D eigenvalue weighted by Gasteiger charge is 2.32. The van der Waals surface area contributed by atoms with Gasteiger partial charge in [0.2, 0.25) is 5.91 Å². The van der Waals surface area contributed by atoms with Crippen LogP contribution in [-0.2, 0) is 4.79 Å². The number of nitrogens with zero attached hydrogens (tertiary/aromatic N) is 4. The third kappa shape index (κ3) is 4.70. The van der Waals surface area contributed by atoms with E-state index in [2.05, 4.69) is 26.5 Å². The van der Waals surface area contributed by atoms with Gasteiger partial charge in [0.25, 0.3) is 0 Å². The van der Waals surface area contributed by atoms with Crippen molar-refractivity contribution in [3.05, 3.63) is 29.8 Å². The molecule has 0 bridgehead atoms. The first-order chi connectivity index (χ1) is 14.5. The molecule has 2 saturated heterocycles. The Morgan fingerprint density at radius 2 is 1.47 bits per heavy atom. The fraction of sp³-hybridized carbons (Fsp3) is 0.667. The topological polar surface area (TPSA) is 47.1 Å². The second-order valence-electron chi connectivity index (χ2n) is 9.10. The zero-order valence-corrected chi connectivity index (χ0v) is 18.6. The summed E-state index contributed by atoms with van der Waals surface area (Å²) in [7, 11) is 0. The molecule has 3 aliphatic rings. The Morgan fingerprint density at radius 1 is 0.867 bits per heavy atom. The minimum atomic E-state index is -0.0507. The summed E-state index contributed by atoms with van der Waals surface area (Å²) in [6.45, 7) is 11.1. The summed E-state index contributed by atoms with van der Waals surface area (Å²) in [6.07, 6.45) is 5.42. The molecule has 1 aromatic carbocycles. The largest absolute Gasteiger partial charge is 0.369 e. The first kappa shape index (κ1) is 21.3. The molecule has 1 amide bonds. The minimum Gasteiger partial charge on any atom is -0.369 e. The predicted octanol–water partition coefficient (Wildman–Crippen LogP) is 2.49. The number of amides is 1. The van der Waals surface area contributed by atoms with Crippen molar-refractivity contribution in [3.8, 4) is 0 Å². The molecule has 3 fully saturated rings. The van der Waals surface area contributed by atoms with E-state index in [4.69, 9.17) is 0 Å². The number of Topliss-reactive ketones (excluding diaryl/α,β-unsaturated/α-hetero) is 1. The molecule has 6 heteroatoms. The van der Waals surface area contributed by atoms with Crippen LogP contribution in [-0.4, -0.2) is 90.8 Å². The van der Waals surface area contributed by atoms with E-state index in [1.807, 2.05) is 24.3 Å². The standard InChI is InChI=1S/C24H36N4O2/c1-19(24(30)28-17-15-26(16-18-28)22-5-3-4-6-22)25-11-13-27(14-12-25)23-9-7-21(8-10-23)20(2)29/h7-10,19,22H,3-6,11-18H2,1-2H3. The van der Waals surface area contributed by atoms with Crippen LogP contribution in [0.4, 0.5) is 5.69 Å². The molecule has 164 valence electrons. The normalized spacial score (nSPS) is 23.0. The van der Waals surface area contributed by atoms with Gasteiger partial charge in [0, 0.05) is 69.7 Å². The molecular formula is C24H36N4O2. The Morgan fingerprint density at radius 3 is 2.03 bits per heavy atom. The van der Waals surface area contributed by atoms with E-state index in [1.54, 1.807) is 6.92 Å². The van der Waals surface area contributed by atoms with Gasteiger partial charge in [0.05, 0.1) is 6.04 Å². The van der Waals surface area contributed by atoms with Gasteiger partial charge in [-0.05, 0) is 51.0 Å². The SMILES string of the molecule is CC(=O)c1ccc(N2CCN(C(C)C(=O)N3CCN(C4CCCC4)CC3)CC2)cc1. The zero-order valence-electron chi connectivity index (χ0n) is 18.6. The molecule has 4 rings (SSSR count). The summed E-state index contributed by atoms with van der Waals surface area (Å²) in [5, 5.41) is 0. The average Bonchev–Trinajstić information content (AvgIpc) is 3.33. The van der Waals surface area contributed by atoms with E-state index in [9.17, 15) is 9.59 Å². The van der Waals surface area contributed by atoms with Crippen LogP contribution < -0.4 is 4.90 Å². The van der Waals surface area contributed by atoms with Crippen molar-refractivity contribution >= 4 is 17.4 Å². The maximum absolute atomic E-state index is 13.1. The Labute approximate surface area is 180 Å². The van der Waals surface area contributed by atoms with Crippen molar-refractivity contribution in [2.24, 2.45) is 0 Å². The monoisotopic (exact) mass is 412 g/mol. The van der Waals surface area contributed by atoms with Crippen LogP contribution >= 0.6 is 0 Å². The van der Waals surface area contributed by atoms with Crippen LogP contribution in [0.3, 0.4) is 0 Å². The number of ketones is 1. The van der Waals surface area contributed by atoms with Crippen LogP contribution in [0.25, 0.3) is 0 Å². The summed E-state index contributed by atoms with van der Waals surface area (Å²) in [5.74, 6) is 0.392. The second kappa shape index (κ2) is 9.48. The summed E-state index contributed by atoms with van der Waals surface area (Å²) >= 11 is 0. The lowest BCUT2D eigenvalue weighted by atomic mass is 10.1. The van der Waals surface area contributed by atoms with Gasteiger partial charge in [0.15, 0.2) is 5.78 Å². The zero-order chi connectivity index (χ0) is 21.1. The molecule has 1 unspecified atom stereocenters. The molecule has 0 N–H and O–H groups in total. The predicted molar refractivity (Wildman–Crippen MR) is 120 cm³/mol. The van der Waals surface area contributed by atoms with E-state index in [0.29, 0.717) is 5.91 Å². The molecule has 0 aromatic heterocycles. The van der Waals surface area contributed by atoms with Crippen molar-refractivity contribution in [1.82, 2.24) is 14.7 Å². The maximum atomic E-state index is 13.1. The third-order valence-corrected chi connectivity index (χ3v) is 7.33. The highest BCUT2D eigenvalue weighted by atomic mass is 16.2. The van der Waals surface area contributed by atoms with Gasteiger partial charge in [-0.3, -0.25) is 19.4 Å². The van der Waals surface area contributed by atoms with Gasteiger partial charge in [-0.15, -0.1) is 0 Å². The Hall–Kier alpha value is -1.92. The van der Waals surface area contributed by atoms with Crippen molar-refractivity contribution in [3.63, 3.8) is 0 Å². The van der Waals surface area contributed by atoms with Crippen LogP contribution in [0.5, 0.6) is 0 Å². The fourth-order valence-electron chi connectivity index (χ4n) is 5.27. The number of hydrogen-bond acceptors (Lipinski definition) is 5. The van der Waals surface area contributed by atoms with Crippen LogP contribution in [0.1, 0.15) is 49.9 Å². The van der Waals surface area contributed by atoms with Gasteiger partial charge in [-0.2, -0.15) is 0 Å². The lowest BCUT2D eigenvalue weighted by Gasteiger charge is -2.42. The molecule has 0 spiro atoms. The van der Waals surface area contributed by atoms with E-state index >= 15 is 0 Å². The molecule has 1 aromatic rings.